The Labute approximate surface area is 119 Å². The predicted molar refractivity (Wildman–Crippen MR) is 80.4 cm³/mol. The lowest BCUT2D eigenvalue weighted by molar-refractivity contribution is 0.0768. The number of nitrogens with zero attached hydrogens (tertiary/aromatic N) is 3. The Balaban J connectivity index is 2.75. The van der Waals surface area contributed by atoms with Crippen LogP contribution >= 0.6 is 0 Å². The summed E-state index contributed by atoms with van der Waals surface area (Å²) in [5.41, 5.74) is 7.10. The van der Waals surface area contributed by atoms with E-state index in [0.29, 0.717) is 25.1 Å². The summed E-state index contributed by atoms with van der Waals surface area (Å²) in [4.78, 5) is 16.0. The Hall–Kier alpha value is -2.24. The van der Waals surface area contributed by atoms with Crippen LogP contribution in [-0.2, 0) is 0 Å². The van der Waals surface area contributed by atoms with Crippen LogP contribution in [0.25, 0.3) is 0 Å². The van der Waals surface area contributed by atoms with Gasteiger partial charge in [0.1, 0.15) is 5.84 Å². The van der Waals surface area contributed by atoms with Crippen molar-refractivity contribution in [3.8, 4) is 0 Å². The molecule has 6 heteroatoms. The number of nitrogens with two attached hydrogens (primary N) is 1. The van der Waals surface area contributed by atoms with E-state index in [1.807, 2.05) is 50.2 Å². The molecule has 0 spiro atoms. The van der Waals surface area contributed by atoms with Gasteiger partial charge in [0, 0.05) is 44.9 Å². The monoisotopic (exact) mass is 278 g/mol. The summed E-state index contributed by atoms with van der Waals surface area (Å²) in [5.74, 6) is 0.0720. The molecule has 0 aliphatic rings. The van der Waals surface area contributed by atoms with Crippen molar-refractivity contribution >= 4 is 17.4 Å². The first-order valence-electron chi connectivity index (χ1n) is 6.52. The highest BCUT2D eigenvalue weighted by molar-refractivity contribution is 5.94. The summed E-state index contributed by atoms with van der Waals surface area (Å²) < 4.78 is 0. The van der Waals surface area contributed by atoms with Crippen LogP contribution in [0.2, 0.25) is 0 Å². The summed E-state index contributed by atoms with van der Waals surface area (Å²) in [6, 6.07) is 7.43. The van der Waals surface area contributed by atoms with Crippen molar-refractivity contribution < 1.29 is 10.0 Å². The van der Waals surface area contributed by atoms with Crippen LogP contribution < -0.4 is 10.6 Å². The molecule has 20 heavy (non-hydrogen) atoms. The molecule has 3 N–H and O–H groups in total. The number of amidine groups is 1. The zero-order valence-electron chi connectivity index (χ0n) is 12.2. The fourth-order valence-corrected chi connectivity index (χ4v) is 1.79. The van der Waals surface area contributed by atoms with Gasteiger partial charge >= 0.3 is 0 Å². The summed E-state index contributed by atoms with van der Waals surface area (Å²) in [7, 11) is 3.90. The Bertz CT molecular complexity index is 469. The minimum atomic E-state index is -0.0523. The molecule has 0 bridgehead atoms. The van der Waals surface area contributed by atoms with Gasteiger partial charge < -0.3 is 20.7 Å². The maximum Gasteiger partial charge on any atom is 0.253 e. The Kier molecular flexibility index (Phi) is 5.83. The Morgan fingerprint density at radius 1 is 1.30 bits per heavy atom. The SMILES string of the molecule is CCN(CCC(N)=NO)C(=O)c1ccc(N(C)C)cc1. The number of carbonyl (C=O) groups excluding carboxylic acids is 1. The largest absolute Gasteiger partial charge is 0.409 e. The molecule has 1 aromatic rings. The molecule has 0 fully saturated rings. The highest BCUT2D eigenvalue weighted by Gasteiger charge is 2.14. The summed E-state index contributed by atoms with van der Waals surface area (Å²) in [6.45, 7) is 2.91. The zero-order chi connectivity index (χ0) is 15.1. The molecule has 1 amide bonds. The maximum atomic E-state index is 12.3. The molecule has 0 saturated carbocycles. The smallest absolute Gasteiger partial charge is 0.253 e. The standard InChI is InChI=1S/C14H22N4O2/c1-4-18(10-9-13(15)16-20)14(19)11-5-7-12(8-6-11)17(2)3/h5-8,20H,4,9-10H2,1-3H3,(H2,15,16). The van der Waals surface area contributed by atoms with E-state index in [-0.39, 0.29) is 11.7 Å². The molecule has 0 heterocycles. The van der Waals surface area contributed by atoms with Crippen LogP contribution in [0.1, 0.15) is 23.7 Å². The molecule has 0 radical (unpaired) electrons. The third-order valence-electron chi connectivity index (χ3n) is 3.07. The summed E-state index contributed by atoms with van der Waals surface area (Å²) >= 11 is 0. The summed E-state index contributed by atoms with van der Waals surface area (Å²) in [6.07, 6.45) is 0.353. The third-order valence-corrected chi connectivity index (χ3v) is 3.07. The van der Waals surface area contributed by atoms with Crippen molar-refractivity contribution in [3.63, 3.8) is 0 Å². The molecule has 0 aliphatic carbocycles. The van der Waals surface area contributed by atoms with E-state index < -0.39 is 0 Å². The van der Waals surface area contributed by atoms with Gasteiger partial charge in [0.25, 0.3) is 5.91 Å². The minimum Gasteiger partial charge on any atom is -0.409 e. The van der Waals surface area contributed by atoms with Crippen molar-refractivity contribution in [1.82, 2.24) is 4.90 Å². The average Bonchev–Trinajstić information content (AvgIpc) is 2.47. The van der Waals surface area contributed by atoms with Crippen LogP contribution in [-0.4, -0.2) is 49.0 Å². The van der Waals surface area contributed by atoms with Gasteiger partial charge in [0.15, 0.2) is 0 Å². The van der Waals surface area contributed by atoms with E-state index in [1.54, 1.807) is 4.90 Å². The molecule has 0 atom stereocenters. The molecule has 0 saturated heterocycles. The first-order chi connectivity index (χ1) is 9.49. The highest BCUT2D eigenvalue weighted by atomic mass is 16.4. The number of hydrogen-bond acceptors (Lipinski definition) is 4. The highest BCUT2D eigenvalue weighted by Crippen LogP contribution is 2.14. The van der Waals surface area contributed by atoms with Crippen molar-refractivity contribution in [3.05, 3.63) is 29.8 Å². The predicted octanol–water partition coefficient (Wildman–Crippen LogP) is 1.35. The van der Waals surface area contributed by atoms with E-state index in [2.05, 4.69) is 5.16 Å². The zero-order valence-corrected chi connectivity index (χ0v) is 12.2. The number of oxime groups is 1. The van der Waals surface area contributed by atoms with E-state index in [9.17, 15) is 4.79 Å². The van der Waals surface area contributed by atoms with Gasteiger partial charge in [0.05, 0.1) is 0 Å². The lowest BCUT2D eigenvalue weighted by Gasteiger charge is -2.21. The lowest BCUT2D eigenvalue weighted by atomic mass is 10.1. The van der Waals surface area contributed by atoms with Crippen LogP contribution in [0.3, 0.4) is 0 Å². The van der Waals surface area contributed by atoms with Gasteiger partial charge in [-0.15, -0.1) is 0 Å². The molecule has 110 valence electrons. The van der Waals surface area contributed by atoms with Gasteiger partial charge in [-0.3, -0.25) is 4.79 Å². The molecule has 0 aliphatic heterocycles. The fourth-order valence-electron chi connectivity index (χ4n) is 1.79. The summed E-state index contributed by atoms with van der Waals surface area (Å²) in [5, 5.41) is 11.4. The first-order valence-corrected chi connectivity index (χ1v) is 6.52. The Morgan fingerprint density at radius 2 is 1.90 bits per heavy atom. The molecule has 6 nitrogen and oxygen atoms in total. The molecule has 1 rings (SSSR count). The van der Waals surface area contributed by atoms with Gasteiger partial charge in [-0.2, -0.15) is 0 Å². The maximum absolute atomic E-state index is 12.3. The van der Waals surface area contributed by atoms with E-state index in [1.165, 1.54) is 0 Å². The number of anilines is 1. The van der Waals surface area contributed by atoms with Crippen LogP contribution in [0.15, 0.2) is 29.4 Å². The van der Waals surface area contributed by atoms with E-state index >= 15 is 0 Å². The molecule has 1 aromatic carbocycles. The van der Waals surface area contributed by atoms with Crippen LogP contribution in [0.4, 0.5) is 5.69 Å². The van der Waals surface area contributed by atoms with Crippen LogP contribution in [0.5, 0.6) is 0 Å². The van der Waals surface area contributed by atoms with E-state index in [0.717, 1.165) is 5.69 Å². The second kappa shape index (κ2) is 7.37. The number of hydrogen-bond donors (Lipinski definition) is 2. The molecule has 0 aromatic heterocycles. The fraction of sp³-hybridized carbons (Fsp3) is 0.429. The third kappa shape index (κ3) is 4.15. The quantitative estimate of drug-likeness (QED) is 0.356. The van der Waals surface area contributed by atoms with Gasteiger partial charge in [-0.05, 0) is 31.2 Å². The minimum absolute atomic E-state index is 0.0523. The second-order valence-electron chi connectivity index (χ2n) is 4.67. The van der Waals surface area contributed by atoms with Gasteiger partial charge in [0.2, 0.25) is 0 Å². The second-order valence-corrected chi connectivity index (χ2v) is 4.67. The number of rotatable bonds is 6. The molecule has 0 unspecified atom stereocenters. The number of carbonyl (C=O) groups is 1. The first kappa shape index (κ1) is 15.8. The number of amides is 1. The molecular weight excluding hydrogens is 256 g/mol. The normalized spacial score (nSPS) is 11.2. The van der Waals surface area contributed by atoms with Crippen molar-refractivity contribution in [2.24, 2.45) is 10.9 Å². The van der Waals surface area contributed by atoms with Crippen molar-refractivity contribution in [2.45, 2.75) is 13.3 Å². The average molecular weight is 278 g/mol. The van der Waals surface area contributed by atoms with Gasteiger partial charge in [-0.25, -0.2) is 0 Å². The number of benzene rings is 1. The Morgan fingerprint density at radius 3 is 2.35 bits per heavy atom. The van der Waals surface area contributed by atoms with Crippen LogP contribution in [0, 0.1) is 0 Å². The topological polar surface area (TPSA) is 82.2 Å². The molecular formula is C14H22N4O2. The lowest BCUT2D eigenvalue weighted by Crippen LogP contribution is -2.34. The van der Waals surface area contributed by atoms with E-state index in [4.69, 9.17) is 10.9 Å². The van der Waals surface area contributed by atoms with Gasteiger partial charge in [-0.1, -0.05) is 5.16 Å². The van der Waals surface area contributed by atoms with Crippen molar-refractivity contribution in [1.29, 1.82) is 0 Å². The van der Waals surface area contributed by atoms with Crippen molar-refractivity contribution in [2.75, 3.05) is 32.1 Å².